The number of ether oxygens (including phenoxy) is 2. The number of benzene rings is 1. The molecule has 1 aliphatic rings. The van der Waals surface area contributed by atoms with E-state index in [0.29, 0.717) is 17.9 Å². The van der Waals surface area contributed by atoms with Crippen molar-refractivity contribution >= 4 is 40.8 Å². The zero-order valence-corrected chi connectivity index (χ0v) is 13.1. The molecule has 7 heteroatoms. The molecule has 114 valence electrons. The summed E-state index contributed by atoms with van der Waals surface area (Å²) in [5.41, 5.74) is -0.168. The lowest BCUT2D eigenvalue weighted by molar-refractivity contribution is -0.142. The number of hydrogen-bond acceptors (Lipinski definition) is 4. The highest BCUT2D eigenvalue weighted by atomic mass is 35.5. The van der Waals surface area contributed by atoms with Gasteiger partial charge in [-0.25, -0.2) is 4.79 Å². The van der Waals surface area contributed by atoms with Crippen LogP contribution in [-0.2, 0) is 14.3 Å². The second-order valence-electron chi connectivity index (χ2n) is 5.06. The molecule has 1 N–H and O–H groups in total. The summed E-state index contributed by atoms with van der Waals surface area (Å²) in [7, 11) is 1.29. The lowest BCUT2D eigenvalue weighted by Crippen LogP contribution is -2.25. The summed E-state index contributed by atoms with van der Waals surface area (Å²) < 4.78 is 8.67. The number of rotatable bonds is 5. The van der Waals surface area contributed by atoms with Gasteiger partial charge in [0.25, 0.3) is 0 Å². The normalized spacial score (nSPS) is 22.3. The molecule has 1 aromatic carbocycles. The molecule has 2 rings (SSSR count). The van der Waals surface area contributed by atoms with Gasteiger partial charge < -0.3 is 14.8 Å². The van der Waals surface area contributed by atoms with Gasteiger partial charge in [-0.1, -0.05) is 0 Å². The van der Waals surface area contributed by atoms with E-state index in [4.69, 9.17) is 27.9 Å². The van der Waals surface area contributed by atoms with Crippen LogP contribution in [0.4, 0.5) is 5.69 Å². The third kappa shape index (κ3) is 3.41. The average Bonchev–Trinajstić information content (AvgIpc) is 2.98. The Morgan fingerprint density at radius 1 is 1.29 bits per heavy atom. The molecule has 0 aromatic heterocycles. The lowest BCUT2D eigenvalue weighted by atomic mass is 10.1. The minimum absolute atomic E-state index is 0.165. The zero-order chi connectivity index (χ0) is 15.7. The number of anilines is 1. The highest BCUT2D eigenvalue weighted by Crippen LogP contribution is 2.64. The second-order valence-corrected chi connectivity index (χ2v) is 6.54. The van der Waals surface area contributed by atoms with Crippen molar-refractivity contribution in [3.05, 3.63) is 24.3 Å². The molecule has 0 heterocycles. The van der Waals surface area contributed by atoms with E-state index in [1.54, 1.807) is 31.2 Å². The molecule has 0 spiro atoms. The summed E-state index contributed by atoms with van der Waals surface area (Å²) >= 11 is 11.9. The molecule has 0 aliphatic heterocycles. The first-order chi connectivity index (χ1) is 9.78. The molecule has 1 fully saturated rings. The van der Waals surface area contributed by atoms with Crippen LogP contribution in [0.3, 0.4) is 0 Å². The quantitative estimate of drug-likeness (QED) is 0.665. The van der Waals surface area contributed by atoms with Gasteiger partial charge in [-0.3, -0.25) is 4.79 Å². The third-order valence-corrected chi connectivity index (χ3v) is 4.56. The first-order valence-electron chi connectivity index (χ1n) is 6.27. The zero-order valence-electron chi connectivity index (χ0n) is 11.6. The third-order valence-electron chi connectivity index (χ3n) is 3.46. The Morgan fingerprint density at radius 2 is 1.86 bits per heavy atom. The molecule has 1 aliphatic carbocycles. The fourth-order valence-corrected chi connectivity index (χ4v) is 2.46. The number of amides is 1. The largest absolute Gasteiger partial charge is 0.482 e. The Balaban J connectivity index is 1.91. The van der Waals surface area contributed by atoms with Crippen molar-refractivity contribution in [2.24, 2.45) is 5.41 Å². The van der Waals surface area contributed by atoms with Gasteiger partial charge in [0.1, 0.15) is 10.1 Å². The summed E-state index contributed by atoms with van der Waals surface area (Å²) in [5, 5.41) is 2.75. The molecule has 1 atom stereocenters. The Hall–Kier alpha value is -1.46. The van der Waals surface area contributed by atoms with E-state index in [1.165, 1.54) is 7.11 Å². The van der Waals surface area contributed by atoms with Crippen molar-refractivity contribution in [2.45, 2.75) is 17.7 Å². The SMILES string of the molecule is COC(=O)COc1ccc(NC(=O)[C@]2(C)CC2(Cl)Cl)cc1. The van der Waals surface area contributed by atoms with Crippen LogP contribution >= 0.6 is 23.2 Å². The Morgan fingerprint density at radius 3 is 2.33 bits per heavy atom. The van der Waals surface area contributed by atoms with Gasteiger partial charge in [0.2, 0.25) is 5.91 Å². The standard InChI is InChI=1S/C14H15Cl2NO4/c1-13(8-14(13,15)16)12(19)17-9-3-5-10(6-4-9)21-7-11(18)20-2/h3-6H,7-8H2,1-2H3,(H,17,19)/t13-/m0/s1. The van der Waals surface area contributed by atoms with Crippen LogP contribution in [0.5, 0.6) is 5.75 Å². The van der Waals surface area contributed by atoms with Crippen LogP contribution in [0.25, 0.3) is 0 Å². The van der Waals surface area contributed by atoms with Crippen LogP contribution < -0.4 is 10.1 Å². The van der Waals surface area contributed by atoms with Crippen molar-refractivity contribution in [2.75, 3.05) is 19.0 Å². The van der Waals surface area contributed by atoms with Gasteiger partial charge >= 0.3 is 5.97 Å². The fraction of sp³-hybridized carbons (Fsp3) is 0.429. The van der Waals surface area contributed by atoms with Crippen LogP contribution in [0, 0.1) is 5.41 Å². The predicted octanol–water partition coefficient (Wildman–Crippen LogP) is 2.76. The number of methoxy groups -OCH3 is 1. The van der Waals surface area contributed by atoms with Gasteiger partial charge in [-0.2, -0.15) is 0 Å². The van der Waals surface area contributed by atoms with E-state index in [-0.39, 0.29) is 12.5 Å². The van der Waals surface area contributed by atoms with E-state index in [9.17, 15) is 9.59 Å². The summed E-state index contributed by atoms with van der Waals surface area (Å²) in [6.07, 6.45) is 0.426. The minimum Gasteiger partial charge on any atom is -0.482 e. The maximum atomic E-state index is 12.1. The number of carbonyl (C=O) groups is 2. The van der Waals surface area contributed by atoms with Crippen LogP contribution in [0.1, 0.15) is 13.3 Å². The summed E-state index contributed by atoms with van der Waals surface area (Å²) in [6, 6.07) is 6.62. The average molecular weight is 332 g/mol. The first kappa shape index (κ1) is 15.9. The van der Waals surface area contributed by atoms with Crippen LogP contribution in [0.2, 0.25) is 0 Å². The van der Waals surface area contributed by atoms with Crippen molar-refractivity contribution in [3.63, 3.8) is 0 Å². The minimum atomic E-state index is -0.999. The highest BCUT2D eigenvalue weighted by Gasteiger charge is 2.67. The molecule has 0 bridgehead atoms. The topological polar surface area (TPSA) is 64.6 Å². The van der Waals surface area contributed by atoms with E-state index in [1.807, 2.05) is 0 Å². The molecule has 21 heavy (non-hydrogen) atoms. The number of halogens is 2. The molecule has 0 unspecified atom stereocenters. The van der Waals surface area contributed by atoms with Gasteiger partial charge in [-0.15, -0.1) is 23.2 Å². The molecular formula is C14H15Cl2NO4. The molecule has 1 aromatic rings. The van der Waals surface area contributed by atoms with Crippen molar-refractivity contribution < 1.29 is 19.1 Å². The number of nitrogens with one attached hydrogen (secondary N) is 1. The van der Waals surface area contributed by atoms with E-state index >= 15 is 0 Å². The van der Waals surface area contributed by atoms with E-state index in [0.717, 1.165) is 0 Å². The number of esters is 1. The van der Waals surface area contributed by atoms with Crippen molar-refractivity contribution in [3.8, 4) is 5.75 Å². The maximum absolute atomic E-state index is 12.1. The van der Waals surface area contributed by atoms with Gasteiger partial charge in [0.15, 0.2) is 6.61 Å². The van der Waals surface area contributed by atoms with Crippen molar-refractivity contribution in [1.82, 2.24) is 0 Å². The molecular weight excluding hydrogens is 317 g/mol. The van der Waals surface area contributed by atoms with Crippen LogP contribution in [-0.4, -0.2) is 29.9 Å². The summed E-state index contributed by atoms with van der Waals surface area (Å²) in [4.78, 5) is 23.0. The van der Waals surface area contributed by atoms with E-state index in [2.05, 4.69) is 10.1 Å². The van der Waals surface area contributed by atoms with E-state index < -0.39 is 15.7 Å². The second kappa shape index (κ2) is 5.73. The Labute approximate surface area is 132 Å². The van der Waals surface area contributed by atoms with Gasteiger partial charge in [-0.05, 0) is 37.6 Å². The fourth-order valence-electron chi connectivity index (χ4n) is 1.75. The summed E-state index contributed by atoms with van der Waals surface area (Å²) in [6.45, 7) is 1.55. The molecule has 0 saturated heterocycles. The Kier molecular flexibility index (Phi) is 4.35. The van der Waals surface area contributed by atoms with Gasteiger partial charge in [0.05, 0.1) is 12.5 Å². The Bertz CT molecular complexity index is 559. The molecule has 1 saturated carbocycles. The molecule has 1 amide bonds. The van der Waals surface area contributed by atoms with Gasteiger partial charge in [0, 0.05) is 5.69 Å². The predicted molar refractivity (Wildman–Crippen MR) is 79.7 cm³/mol. The number of alkyl halides is 2. The number of carbonyl (C=O) groups excluding carboxylic acids is 2. The smallest absolute Gasteiger partial charge is 0.343 e. The number of hydrogen-bond donors (Lipinski definition) is 1. The maximum Gasteiger partial charge on any atom is 0.343 e. The van der Waals surface area contributed by atoms with Crippen LogP contribution in [0.15, 0.2) is 24.3 Å². The summed E-state index contributed by atoms with van der Waals surface area (Å²) in [5.74, 6) is -0.189. The molecule has 0 radical (unpaired) electrons. The monoisotopic (exact) mass is 331 g/mol. The highest BCUT2D eigenvalue weighted by molar-refractivity contribution is 6.53. The molecule has 5 nitrogen and oxygen atoms in total. The first-order valence-corrected chi connectivity index (χ1v) is 7.03. The van der Waals surface area contributed by atoms with Crippen molar-refractivity contribution in [1.29, 1.82) is 0 Å². The lowest BCUT2D eigenvalue weighted by Gasteiger charge is -2.13.